The molecule has 0 bridgehead atoms. The molecule has 3 N–H and O–H groups in total. The molecule has 1 fully saturated rings. The largest absolute Gasteiger partial charge is 0.399 e. The van der Waals surface area contributed by atoms with Crippen molar-refractivity contribution in [3.05, 3.63) is 29.8 Å². The van der Waals surface area contributed by atoms with Gasteiger partial charge in [-0.2, -0.15) is 0 Å². The van der Waals surface area contributed by atoms with Crippen molar-refractivity contribution in [1.29, 1.82) is 0 Å². The zero-order valence-corrected chi connectivity index (χ0v) is 10.8. The zero-order valence-electron chi connectivity index (χ0n) is 10.8. The zero-order chi connectivity index (χ0) is 12.8. The van der Waals surface area contributed by atoms with Crippen LogP contribution in [0.3, 0.4) is 0 Å². The van der Waals surface area contributed by atoms with E-state index in [9.17, 15) is 4.79 Å². The molecule has 0 aromatic heterocycles. The first-order chi connectivity index (χ1) is 8.74. The number of anilines is 1. The Labute approximate surface area is 109 Å². The molecule has 98 valence electrons. The van der Waals surface area contributed by atoms with E-state index < -0.39 is 0 Å². The average Bonchev–Trinajstić information content (AvgIpc) is 2.84. The van der Waals surface area contributed by atoms with Crippen molar-refractivity contribution in [3.63, 3.8) is 0 Å². The van der Waals surface area contributed by atoms with Crippen molar-refractivity contribution in [2.24, 2.45) is 5.92 Å². The van der Waals surface area contributed by atoms with Gasteiger partial charge in [0.25, 0.3) is 0 Å². The van der Waals surface area contributed by atoms with E-state index in [0.29, 0.717) is 12.3 Å². The van der Waals surface area contributed by atoms with Crippen LogP contribution in [0.4, 0.5) is 5.69 Å². The lowest BCUT2D eigenvalue weighted by Gasteiger charge is -2.09. The fraction of sp³-hybridized carbons (Fsp3) is 0.533. The summed E-state index contributed by atoms with van der Waals surface area (Å²) in [5.74, 6) is 0.832. The molecule has 1 aliphatic carbocycles. The quantitative estimate of drug-likeness (QED) is 0.784. The summed E-state index contributed by atoms with van der Waals surface area (Å²) in [5.41, 5.74) is 7.62. The average molecular weight is 246 g/mol. The number of carbonyl (C=O) groups is 1. The molecule has 1 amide bonds. The topological polar surface area (TPSA) is 55.1 Å². The molecule has 0 unspecified atom stereocenters. The van der Waals surface area contributed by atoms with Crippen LogP contribution < -0.4 is 11.1 Å². The summed E-state index contributed by atoms with van der Waals surface area (Å²) < 4.78 is 0. The fourth-order valence-electron chi connectivity index (χ4n) is 2.58. The van der Waals surface area contributed by atoms with Gasteiger partial charge in [-0.05, 0) is 42.9 Å². The minimum atomic E-state index is 0.206. The third-order valence-electron chi connectivity index (χ3n) is 3.66. The lowest BCUT2D eigenvalue weighted by Crippen LogP contribution is -2.27. The molecule has 0 atom stereocenters. The van der Waals surface area contributed by atoms with Crippen LogP contribution in [0.2, 0.25) is 0 Å². The SMILES string of the molecule is Nc1ccc(CCNC(=O)CC2CCCC2)cc1. The molecule has 3 heteroatoms. The molecule has 0 saturated heterocycles. The monoisotopic (exact) mass is 246 g/mol. The summed E-state index contributed by atoms with van der Waals surface area (Å²) in [5, 5.41) is 3.00. The molecule has 3 nitrogen and oxygen atoms in total. The summed E-state index contributed by atoms with van der Waals surface area (Å²) in [4.78, 5) is 11.7. The number of hydrogen-bond donors (Lipinski definition) is 2. The van der Waals surface area contributed by atoms with Crippen molar-refractivity contribution >= 4 is 11.6 Å². The van der Waals surface area contributed by atoms with Gasteiger partial charge in [-0.15, -0.1) is 0 Å². The summed E-state index contributed by atoms with van der Waals surface area (Å²) in [6, 6.07) is 7.82. The van der Waals surface area contributed by atoms with Gasteiger partial charge in [0.1, 0.15) is 0 Å². The second-order valence-electron chi connectivity index (χ2n) is 5.20. The lowest BCUT2D eigenvalue weighted by molar-refractivity contribution is -0.121. The Balaban J connectivity index is 1.65. The van der Waals surface area contributed by atoms with E-state index in [0.717, 1.165) is 18.7 Å². The maximum atomic E-state index is 11.7. The number of amides is 1. The van der Waals surface area contributed by atoms with Crippen LogP contribution in [0, 0.1) is 5.92 Å². The first-order valence-electron chi connectivity index (χ1n) is 6.85. The number of rotatable bonds is 5. The van der Waals surface area contributed by atoms with Gasteiger partial charge < -0.3 is 11.1 Å². The van der Waals surface area contributed by atoms with E-state index in [2.05, 4.69) is 5.32 Å². The first kappa shape index (κ1) is 12.9. The van der Waals surface area contributed by atoms with Crippen LogP contribution in [0.1, 0.15) is 37.7 Å². The van der Waals surface area contributed by atoms with Gasteiger partial charge in [0.15, 0.2) is 0 Å². The minimum absolute atomic E-state index is 0.206. The predicted octanol–water partition coefficient (Wildman–Crippen LogP) is 2.51. The Morgan fingerprint density at radius 1 is 1.22 bits per heavy atom. The van der Waals surface area contributed by atoms with Crippen LogP contribution in [0.5, 0.6) is 0 Å². The number of nitrogens with one attached hydrogen (secondary N) is 1. The van der Waals surface area contributed by atoms with Gasteiger partial charge in [-0.3, -0.25) is 4.79 Å². The molecular weight excluding hydrogens is 224 g/mol. The molecule has 2 rings (SSSR count). The molecule has 18 heavy (non-hydrogen) atoms. The molecule has 0 spiro atoms. The summed E-state index contributed by atoms with van der Waals surface area (Å²) in [6.45, 7) is 0.718. The Morgan fingerprint density at radius 3 is 2.56 bits per heavy atom. The van der Waals surface area contributed by atoms with Gasteiger partial charge in [0.2, 0.25) is 5.91 Å². The predicted molar refractivity (Wildman–Crippen MR) is 74.1 cm³/mol. The van der Waals surface area contributed by atoms with Crippen molar-refractivity contribution in [2.75, 3.05) is 12.3 Å². The van der Waals surface area contributed by atoms with Gasteiger partial charge in [-0.1, -0.05) is 25.0 Å². The smallest absolute Gasteiger partial charge is 0.220 e. The number of carbonyl (C=O) groups excluding carboxylic acids is 1. The first-order valence-corrected chi connectivity index (χ1v) is 6.85. The maximum absolute atomic E-state index is 11.7. The van der Waals surface area contributed by atoms with E-state index >= 15 is 0 Å². The van der Waals surface area contributed by atoms with Gasteiger partial charge in [-0.25, -0.2) is 0 Å². The number of nitrogens with two attached hydrogens (primary N) is 1. The molecule has 1 aromatic carbocycles. The van der Waals surface area contributed by atoms with E-state index in [1.165, 1.54) is 31.2 Å². The molecule has 1 saturated carbocycles. The molecular formula is C15H22N2O. The van der Waals surface area contributed by atoms with Crippen LogP contribution in [-0.4, -0.2) is 12.5 Å². The third kappa shape index (κ3) is 4.06. The second kappa shape index (κ2) is 6.43. The summed E-state index contributed by atoms with van der Waals surface area (Å²) >= 11 is 0. The van der Waals surface area contributed by atoms with E-state index in [1.54, 1.807) is 0 Å². The van der Waals surface area contributed by atoms with Crippen molar-refractivity contribution in [3.8, 4) is 0 Å². The molecule has 0 aliphatic heterocycles. The summed E-state index contributed by atoms with van der Waals surface area (Å²) in [6.07, 6.45) is 6.63. The van der Waals surface area contributed by atoms with Crippen LogP contribution >= 0.6 is 0 Å². The lowest BCUT2D eigenvalue weighted by atomic mass is 10.0. The summed E-state index contributed by atoms with van der Waals surface area (Å²) in [7, 11) is 0. The Bertz CT molecular complexity index is 380. The van der Waals surface area contributed by atoms with Gasteiger partial charge in [0.05, 0.1) is 0 Å². The number of benzene rings is 1. The Morgan fingerprint density at radius 2 is 1.89 bits per heavy atom. The molecule has 1 aromatic rings. The van der Waals surface area contributed by atoms with Crippen molar-refractivity contribution in [2.45, 2.75) is 38.5 Å². The maximum Gasteiger partial charge on any atom is 0.220 e. The Hall–Kier alpha value is -1.51. The second-order valence-corrected chi connectivity index (χ2v) is 5.20. The van der Waals surface area contributed by atoms with Gasteiger partial charge >= 0.3 is 0 Å². The third-order valence-corrected chi connectivity index (χ3v) is 3.66. The van der Waals surface area contributed by atoms with E-state index in [1.807, 2.05) is 24.3 Å². The normalized spacial score (nSPS) is 15.8. The highest BCUT2D eigenvalue weighted by Gasteiger charge is 2.17. The standard InChI is InChI=1S/C15H22N2O/c16-14-7-5-12(6-8-14)9-10-17-15(18)11-13-3-1-2-4-13/h5-8,13H,1-4,9-11,16H2,(H,17,18). The number of hydrogen-bond acceptors (Lipinski definition) is 2. The van der Waals surface area contributed by atoms with Crippen LogP contribution in [-0.2, 0) is 11.2 Å². The highest BCUT2D eigenvalue weighted by molar-refractivity contribution is 5.76. The van der Waals surface area contributed by atoms with E-state index in [4.69, 9.17) is 5.73 Å². The molecule has 1 aliphatic rings. The fourth-order valence-corrected chi connectivity index (χ4v) is 2.58. The minimum Gasteiger partial charge on any atom is -0.399 e. The van der Waals surface area contributed by atoms with Crippen molar-refractivity contribution < 1.29 is 4.79 Å². The molecule has 0 heterocycles. The highest BCUT2D eigenvalue weighted by atomic mass is 16.1. The number of nitrogen functional groups attached to an aromatic ring is 1. The van der Waals surface area contributed by atoms with E-state index in [-0.39, 0.29) is 5.91 Å². The Kier molecular flexibility index (Phi) is 4.62. The molecule has 0 radical (unpaired) electrons. The van der Waals surface area contributed by atoms with Crippen molar-refractivity contribution in [1.82, 2.24) is 5.32 Å². The highest BCUT2D eigenvalue weighted by Crippen LogP contribution is 2.27. The van der Waals surface area contributed by atoms with Crippen LogP contribution in [0.25, 0.3) is 0 Å². The van der Waals surface area contributed by atoms with Crippen LogP contribution in [0.15, 0.2) is 24.3 Å². The van der Waals surface area contributed by atoms with Gasteiger partial charge in [0, 0.05) is 18.7 Å².